The molecule has 0 aliphatic rings. The van der Waals surface area contributed by atoms with E-state index in [0.29, 0.717) is 16.0 Å². The third-order valence-electron chi connectivity index (χ3n) is 2.54. The Kier molecular flexibility index (Phi) is 4.42. The summed E-state index contributed by atoms with van der Waals surface area (Å²) in [6.07, 6.45) is -0.593. The maximum Gasteiger partial charge on any atom is 0.154 e. The van der Waals surface area contributed by atoms with Gasteiger partial charge in [-0.25, -0.2) is 4.68 Å². The number of aryl methyl sites for hydroxylation is 2. The third-order valence-corrected chi connectivity index (χ3v) is 4.17. The lowest BCUT2D eigenvalue weighted by molar-refractivity contribution is 0.193. The predicted molar refractivity (Wildman–Crippen MR) is 75.6 cm³/mol. The van der Waals surface area contributed by atoms with E-state index in [0.717, 1.165) is 4.90 Å². The molecule has 0 saturated carbocycles. The molecule has 1 N–H and O–H groups in total. The SMILES string of the molecule is Cc1cccc(SCC(O)c2c(Br)nnn2C)c1. The fourth-order valence-corrected chi connectivity index (χ4v) is 3.20. The van der Waals surface area contributed by atoms with Gasteiger partial charge in [-0.2, -0.15) is 0 Å². The molecule has 1 heterocycles. The lowest BCUT2D eigenvalue weighted by Crippen LogP contribution is -2.08. The normalized spacial score (nSPS) is 12.7. The molecule has 0 aliphatic heterocycles. The molecule has 0 saturated heterocycles. The average molecular weight is 328 g/mol. The van der Waals surface area contributed by atoms with Crippen molar-refractivity contribution in [3.05, 3.63) is 40.1 Å². The van der Waals surface area contributed by atoms with Crippen molar-refractivity contribution in [1.29, 1.82) is 0 Å². The quantitative estimate of drug-likeness (QED) is 0.877. The highest BCUT2D eigenvalue weighted by Gasteiger charge is 2.17. The molecule has 18 heavy (non-hydrogen) atoms. The van der Waals surface area contributed by atoms with Crippen LogP contribution in [0, 0.1) is 6.92 Å². The monoisotopic (exact) mass is 327 g/mol. The number of benzene rings is 1. The van der Waals surface area contributed by atoms with Crippen molar-refractivity contribution in [2.75, 3.05) is 5.75 Å². The second-order valence-corrected chi connectivity index (χ2v) is 5.88. The molecule has 6 heteroatoms. The van der Waals surface area contributed by atoms with Crippen LogP contribution in [0.25, 0.3) is 0 Å². The molecule has 1 aromatic heterocycles. The number of aliphatic hydroxyl groups is 1. The number of hydrogen-bond acceptors (Lipinski definition) is 4. The molecule has 0 aliphatic carbocycles. The molecular weight excluding hydrogens is 314 g/mol. The van der Waals surface area contributed by atoms with E-state index in [1.54, 1.807) is 23.5 Å². The Labute approximate surface area is 119 Å². The van der Waals surface area contributed by atoms with Gasteiger partial charge in [-0.15, -0.1) is 16.9 Å². The Bertz CT molecular complexity index is 524. The first-order chi connectivity index (χ1) is 8.58. The Morgan fingerprint density at radius 3 is 2.89 bits per heavy atom. The highest BCUT2D eigenvalue weighted by molar-refractivity contribution is 9.10. The standard InChI is InChI=1S/C12H14BrN3OS/c1-8-4-3-5-9(6-8)18-7-10(17)11-12(13)14-15-16(11)2/h3-6,10,17H,7H2,1-2H3. The van der Waals surface area contributed by atoms with Gasteiger partial charge in [0.15, 0.2) is 4.60 Å². The van der Waals surface area contributed by atoms with Crippen LogP contribution >= 0.6 is 27.7 Å². The molecular formula is C12H14BrN3OS. The second-order valence-electron chi connectivity index (χ2n) is 4.03. The molecule has 0 fully saturated rings. The first-order valence-electron chi connectivity index (χ1n) is 5.50. The summed E-state index contributed by atoms with van der Waals surface area (Å²) in [4.78, 5) is 1.15. The van der Waals surface area contributed by atoms with Gasteiger partial charge in [0.25, 0.3) is 0 Å². The van der Waals surface area contributed by atoms with Crippen molar-refractivity contribution < 1.29 is 5.11 Å². The van der Waals surface area contributed by atoms with E-state index in [-0.39, 0.29) is 0 Å². The zero-order chi connectivity index (χ0) is 13.1. The minimum Gasteiger partial charge on any atom is -0.386 e. The zero-order valence-corrected chi connectivity index (χ0v) is 12.6. The first-order valence-corrected chi connectivity index (χ1v) is 7.28. The van der Waals surface area contributed by atoms with Crippen LogP contribution in [0.4, 0.5) is 0 Å². The summed E-state index contributed by atoms with van der Waals surface area (Å²) in [7, 11) is 1.77. The lowest BCUT2D eigenvalue weighted by Gasteiger charge is -2.10. The predicted octanol–water partition coefficient (Wildman–Crippen LogP) is 2.71. The fraction of sp³-hybridized carbons (Fsp3) is 0.333. The molecule has 0 bridgehead atoms. The number of rotatable bonds is 4. The average Bonchev–Trinajstić information content (AvgIpc) is 2.66. The number of hydrogen-bond donors (Lipinski definition) is 1. The number of aliphatic hydroxyl groups excluding tert-OH is 1. The largest absolute Gasteiger partial charge is 0.386 e. The van der Waals surface area contributed by atoms with Gasteiger partial charge in [0.2, 0.25) is 0 Å². The summed E-state index contributed by atoms with van der Waals surface area (Å²) >= 11 is 4.91. The van der Waals surface area contributed by atoms with Crippen molar-refractivity contribution in [2.45, 2.75) is 17.9 Å². The maximum absolute atomic E-state index is 10.2. The topological polar surface area (TPSA) is 50.9 Å². The second kappa shape index (κ2) is 5.86. The molecule has 1 atom stereocenters. The number of nitrogens with zero attached hydrogens (tertiary/aromatic N) is 3. The number of halogens is 1. The van der Waals surface area contributed by atoms with Gasteiger partial charge < -0.3 is 5.11 Å². The summed E-state index contributed by atoms with van der Waals surface area (Å²) in [5.41, 5.74) is 1.92. The van der Waals surface area contributed by atoms with Crippen LogP contribution in [0.2, 0.25) is 0 Å². The fourth-order valence-electron chi connectivity index (χ4n) is 1.65. The van der Waals surface area contributed by atoms with Crippen LogP contribution in [0.1, 0.15) is 17.4 Å². The van der Waals surface area contributed by atoms with Crippen molar-refractivity contribution in [1.82, 2.24) is 15.0 Å². The van der Waals surface area contributed by atoms with Gasteiger partial charge in [0.05, 0.1) is 0 Å². The van der Waals surface area contributed by atoms with E-state index in [1.807, 2.05) is 12.1 Å². The van der Waals surface area contributed by atoms with Crippen LogP contribution in [0.5, 0.6) is 0 Å². The number of thioether (sulfide) groups is 1. The van der Waals surface area contributed by atoms with E-state index < -0.39 is 6.10 Å². The molecule has 2 rings (SSSR count). The van der Waals surface area contributed by atoms with E-state index in [9.17, 15) is 5.11 Å². The smallest absolute Gasteiger partial charge is 0.154 e. The molecule has 4 nitrogen and oxygen atoms in total. The summed E-state index contributed by atoms with van der Waals surface area (Å²) < 4.78 is 2.19. The first kappa shape index (κ1) is 13.6. The van der Waals surface area contributed by atoms with Gasteiger partial charge in [-0.1, -0.05) is 22.9 Å². The minimum absolute atomic E-state index is 0.573. The van der Waals surface area contributed by atoms with Gasteiger partial charge in [-0.3, -0.25) is 0 Å². The molecule has 1 unspecified atom stereocenters. The summed E-state index contributed by atoms with van der Waals surface area (Å²) in [6, 6.07) is 8.22. The molecule has 0 amide bonds. The lowest BCUT2D eigenvalue weighted by atomic mass is 10.2. The molecule has 2 aromatic rings. The van der Waals surface area contributed by atoms with Crippen LogP contribution < -0.4 is 0 Å². The highest BCUT2D eigenvalue weighted by Crippen LogP contribution is 2.27. The minimum atomic E-state index is -0.593. The Hall–Kier alpha value is -0.850. The van der Waals surface area contributed by atoms with Gasteiger partial charge in [0.1, 0.15) is 11.8 Å². The van der Waals surface area contributed by atoms with E-state index in [4.69, 9.17) is 0 Å². The zero-order valence-electron chi connectivity index (χ0n) is 10.2. The molecule has 0 radical (unpaired) electrons. The summed E-state index contributed by atoms with van der Waals surface area (Å²) in [5, 5.41) is 17.9. The van der Waals surface area contributed by atoms with E-state index in [1.165, 1.54) is 5.56 Å². The molecule has 1 aromatic carbocycles. The van der Waals surface area contributed by atoms with Crippen LogP contribution in [-0.4, -0.2) is 25.9 Å². The highest BCUT2D eigenvalue weighted by atomic mass is 79.9. The Morgan fingerprint density at radius 1 is 1.50 bits per heavy atom. The van der Waals surface area contributed by atoms with Crippen molar-refractivity contribution in [3.8, 4) is 0 Å². The van der Waals surface area contributed by atoms with Crippen molar-refractivity contribution >= 4 is 27.7 Å². The van der Waals surface area contributed by atoms with Crippen LogP contribution in [0.15, 0.2) is 33.8 Å². The third kappa shape index (κ3) is 3.13. The van der Waals surface area contributed by atoms with Crippen LogP contribution in [0.3, 0.4) is 0 Å². The maximum atomic E-state index is 10.2. The van der Waals surface area contributed by atoms with Crippen LogP contribution in [-0.2, 0) is 7.05 Å². The van der Waals surface area contributed by atoms with Gasteiger partial charge in [0, 0.05) is 17.7 Å². The Balaban J connectivity index is 2.03. The van der Waals surface area contributed by atoms with Crippen molar-refractivity contribution in [3.63, 3.8) is 0 Å². The van der Waals surface area contributed by atoms with E-state index >= 15 is 0 Å². The van der Waals surface area contributed by atoms with Gasteiger partial charge >= 0.3 is 0 Å². The molecule has 96 valence electrons. The Morgan fingerprint density at radius 2 is 2.28 bits per heavy atom. The van der Waals surface area contributed by atoms with Crippen molar-refractivity contribution in [2.24, 2.45) is 7.05 Å². The summed E-state index contributed by atoms with van der Waals surface area (Å²) in [5.74, 6) is 0.573. The van der Waals surface area contributed by atoms with E-state index in [2.05, 4.69) is 45.3 Å². The van der Waals surface area contributed by atoms with Gasteiger partial charge in [-0.05, 0) is 35.0 Å². The summed E-state index contributed by atoms with van der Waals surface area (Å²) in [6.45, 7) is 2.06. The number of aromatic nitrogens is 3. The molecule has 0 spiro atoms.